The van der Waals surface area contributed by atoms with Gasteiger partial charge in [-0.2, -0.15) is 0 Å². The van der Waals surface area contributed by atoms with Gasteiger partial charge in [0.1, 0.15) is 12.2 Å². The number of halogens is 1. The second kappa shape index (κ2) is 10.2. The molecule has 0 fully saturated rings. The average Bonchev–Trinajstić information content (AvgIpc) is 3.52. The first kappa shape index (κ1) is 24.1. The van der Waals surface area contributed by atoms with Crippen LogP contribution in [0, 0.1) is 5.82 Å². The van der Waals surface area contributed by atoms with Crippen LogP contribution in [-0.2, 0) is 16.6 Å². The van der Waals surface area contributed by atoms with Crippen LogP contribution < -0.4 is 15.0 Å². The lowest BCUT2D eigenvalue weighted by atomic mass is 10.2. The maximum absolute atomic E-state index is 15.0. The second-order valence-corrected chi connectivity index (χ2v) is 9.37. The van der Waals surface area contributed by atoms with Crippen LogP contribution in [0.2, 0.25) is 0 Å². The Labute approximate surface area is 216 Å². The topological polar surface area (TPSA) is 89.4 Å². The number of pyridine rings is 1. The molecule has 37 heavy (non-hydrogen) atoms. The summed E-state index contributed by atoms with van der Waals surface area (Å²) in [4.78, 5) is 35.7. The number of hydrogen-bond donors (Lipinski definition) is 1. The fourth-order valence-electron chi connectivity index (χ4n) is 3.69. The summed E-state index contributed by atoms with van der Waals surface area (Å²) in [7, 11) is 3.39. The highest BCUT2D eigenvalue weighted by Crippen LogP contribution is 2.39. The Balaban J connectivity index is 1.30. The number of nitrogens with zero attached hydrogens (tertiary/aromatic N) is 4. The number of nitrogens with one attached hydrogen (secondary N) is 1. The summed E-state index contributed by atoms with van der Waals surface area (Å²) in [5.41, 5.74) is 2.44. The quantitative estimate of drug-likeness (QED) is 0.284. The number of benzene rings is 2. The third-order valence-corrected chi connectivity index (χ3v) is 6.76. The average molecular weight is 516 g/mol. The van der Waals surface area contributed by atoms with E-state index in [0.717, 1.165) is 20.8 Å². The van der Waals surface area contributed by atoms with Gasteiger partial charge in [-0.15, -0.1) is 11.3 Å². The molecular formula is C27H22FN5O3S. The molecular weight excluding hydrogens is 493 g/mol. The molecule has 0 unspecified atom stereocenters. The molecule has 8 nitrogen and oxygen atoms in total. The molecule has 0 aliphatic heterocycles. The molecule has 0 spiro atoms. The normalized spacial score (nSPS) is 10.9. The van der Waals surface area contributed by atoms with Crippen molar-refractivity contribution in [3.8, 4) is 22.1 Å². The Kier molecular flexibility index (Phi) is 6.65. The van der Waals surface area contributed by atoms with Crippen LogP contribution in [0.5, 0.6) is 11.5 Å². The van der Waals surface area contributed by atoms with Gasteiger partial charge in [0, 0.05) is 50.0 Å². The highest BCUT2D eigenvalue weighted by Gasteiger charge is 2.18. The lowest BCUT2D eigenvalue weighted by Gasteiger charge is -2.18. The molecule has 0 aliphatic rings. The van der Waals surface area contributed by atoms with E-state index in [-0.39, 0.29) is 12.2 Å². The fraction of sp³-hybridized carbons (Fsp3) is 0.111. The monoisotopic (exact) mass is 515 g/mol. The third-order valence-electron chi connectivity index (χ3n) is 5.60. The zero-order chi connectivity index (χ0) is 25.9. The maximum atomic E-state index is 15.0. The number of hydrogen-bond acceptors (Lipinski definition) is 6. The number of thiophene rings is 1. The van der Waals surface area contributed by atoms with Crippen LogP contribution in [0.1, 0.15) is 6.42 Å². The Morgan fingerprint density at radius 2 is 1.89 bits per heavy atom. The lowest BCUT2D eigenvalue weighted by Crippen LogP contribution is -2.30. The molecule has 2 aromatic carbocycles. The number of ether oxygens (including phenoxy) is 1. The Hall–Kier alpha value is -4.57. The number of aromatic nitrogens is 3. The number of imidazole rings is 1. The van der Waals surface area contributed by atoms with Crippen molar-refractivity contribution < 1.29 is 18.7 Å². The van der Waals surface area contributed by atoms with Crippen molar-refractivity contribution in [3.63, 3.8) is 0 Å². The maximum Gasteiger partial charge on any atom is 0.236 e. The zero-order valence-corrected chi connectivity index (χ0v) is 20.8. The summed E-state index contributed by atoms with van der Waals surface area (Å²) in [6, 6.07) is 16.7. The molecule has 3 heterocycles. The van der Waals surface area contributed by atoms with E-state index in [1.54, 1.807) is 48.9 Å². The molecule has 0 radical (unpaired) electrons. The first-order valence-corrected chi connectivity index (χ1v) is 12.1. The predicted molar refractivity (Wildman–Crippen MR) is 141 cm³/mol. The summed E-state index contributed by atoms with van der Waals surface area (Å²) in [5.74, 6) is -1.10. The van der Waals surface area contributed by atoms with Crippen LogP contribution in [0.25, 0.3) is 20.8 Å². The van der Waals surface area contributed by atoms with Crippen LogP contribution in [0.4, 0.5) is 15.8 Å². The second-order valence-electron chi connectivity index (χ2n) is 8.32. The molecule has 1 N–H and O–H groups in total. The van der Waals surface area contributed by atoms with Gasteiger partial charge in [-0.1, -0.05) is 18.2 Å². The van der Waals surface area contributed by atoms with Crippen molar-refractivity contribution >= 4 is 44.7 Å². The van der Waals surface area contributed by atoms with E-state index < -0.39 is 17.6 Å². The van der Waals surface area contributed by atoms with E-state index >= 15 is 4.39 Å². The van der Waals surface area contributed by atoms with Gasteiger partial charge in [0.15, 0.2) is 11.6 Å². The molecule has 2 amide bonds. The first-order chi connectivity index (χ1) is 17.9. The minimum absolute atomic E-state index is 0.00621. The van der Waals surface area contributed by atoms with E-state index in [0.29, 0.717) is 17.1 Å². The van der Waals surface area contributed by atoms with Crippen molar-refractivity contribution in [1.29, 1.82) is 0 Å². The first-order valence-electron chi connectivity index (χ1n) is 11.3. The van der Waals surface area contributed by atoms with Crippen LogP contribution in [-0.4, -0.2) is 33.4 Å². The largest absolute Gasteiger partial charge is 0.453 e. The van der Waals surface area contributed by atoms with E-state index in [4.69, 9.17) is 4.74 Å². The molecule has 0 saturated carbocycles. The standard InChI is InChI=1S/C27H22FN5O3S/c1-32-15-21(30-16-32)24-13-20-27(37-24)23(10-11-29-20)36-22-9-8-18(12-19(22)28)33(2)26(35)14-25(34)31-17-6-4-3-5-7-17/h3-13,15-16H,14H2,1-2H3,(H,31,34). The number of carbonyl (C=O) groups excluding carboxylic acids is 2. The summed E-state index contributed by atoms with van der Waals surface area (Å²) in [6.45, 7) is 0. The highest BCUT2D eigenvalue weighted by molar-refractivity contribution is 7.22. The van der Waals surface area contributed by atoms with Crippen molar-refractivity contribution in [1.82, 2.24) is 14.5 Å². The third kappa shape index (κ3) is 5.34. The van der Waals surface area contributed by atoms with Crippen LogP contribution in [0.15, 0.2) is 79.4 Å². The molecule has 5 aromatic rings. The number of anilines is 2. The van der Waals surface area contributed by atoms with Gasteiger partial charge in [-0.3, -0.25) is 14.6 Å². The molecule has 0 aliphatic carbocycles. The van der Waals surface area contributed by atoms with Crippen molar-refractivity contribution in [2.75, 3.05) is 17.3 Å². The number of amides is 2. The van der Waals surface area contributed by atoms with E-state index in [9.17, 15) is 9.59 Å². The summed E-state index contributed by atoms with van der Waals surface area (Å²) in [6.07, 6.45) is 4.86. The molecule has 3 aromatic heterocycles. The number of rotatable bonds is 7. The highest BCUT2D eigenvalue weighted by atomic mass is 32.1. The van der Waals surface area contributed by atoms with Gasteiger partial charge >= 0.3 is 0 Å². The molecule has 0 bridgehead atoms. The molecule has 0 saturated heterocycles. The molecule has 10 heteroatoms. The van der Waals surface area contributed by atoms with Gasteiger partial charge in [-0.05, 0) is 30.3 Å². The Morgan fingerprint density at radius 1 is 1.08 bits per heavy atom. The molecule has 186 valence electrons. The lowest BCUT2D eigenvalue weighted by molar-refractivity contribution is -0.125. The predicted octanol–water partition coefficient (Wildman–Crippen LogP) is 5.62. The van der Waals surface area contributed by atoms with Gasteiger partial charge in [0.2, 0.25) is 11.8 Å². The van der Waals surface area contributed by atoms with Crippen LogP contribution >= 0.6 is 11.3 Å². The summed E-state index contributed by atoms with van der Waals surface area (Å²) >= 11 is 1.46. The van der Waals surface area contributed by atoms with Crippen LogP contribution in [0.3, 0.4) is 0 Å². The van der Waals surface area contributed by atoms with E-state index in [1.807, 2.05) is 29.9 Å². The Bertz CT molecular complexity index is 1600. The molecule has 5 rings (SSSR count). The zero-order valence-electron chi connectivity index (χ0n) is 20.0. The van der Waals surface area contributed by atoms with Crippen molar-refractivity contribution in [2.45, 2.75) is 6.42 Å². The van der Waals surface area contributed by atoms with Gasteiger partial charge in [0.05, 0.1) is 27.1 Å². The van der Waals surface area contributed by atoms with E-state index in [2.05, 4.69) is 15.3 Å². The SMILES string of the molecule is CN(C(=O)CC(=O)Nc1ccccc1)c1ccc(Oc2ccnc3cc(-c4cn(C)cn4)sc23)c(F)c1. The van der Waals surface area contributed by atoms with Crippen molar-refractivity contribution in [2.24, 2.45) is 7.05 Å². The smallest absolute Gasteiger partial charge is 0.236 e. The van der Waals surface area contributed by atoms with E-state index in [1.165, 1.54) is 35.4 Å². The van der Waals surface area contributed by atoms with Gasteiger partial charge in [0.25, 0.3) is 0 Å². The molecule has 0 atom stereocenters. The summed E-state index contributed by atoms with van der Waals surface area (Å²) in [5, 5.41) is 2.67. The number of aryl methyl sites for hydroxylation is 1. The van der Waals surface area contributed by atoms with Crippen molar-refractivity contribution in [3.05, 3.63) is 85.2 Å². The number of para-hydroxylation sites is 1. The number of carbonyl (C=O) groups is 2. The summed E-state index contributed by atoms with van der Waals surface area (Å²) < 4.78 is 23.5. The minimum Gasteiger partial charge on any atom is -0.453 e. The number of fused-ring (bicyclic) bond motifs is 1. The Morgan fingerprint density at radius 3 is 2.62 bits per heavy atom. The fourth-order valence-corrected chi connectivity index (χ4v) is 4.71. The van der Waals surface area contributed by atoms with Gasteiger partial charge < -0.3 is 19.5 Å². The van der Waals surface area contributed by atoms with Gasteiger partial charge in [-0.25, -0.2) is 9.37 Å². The minimum atomic E-state index is -0.641.